The first-order chi connectivity index (χ1) is 14.9. The van der Waals surface area contributed by atoms with Crippen LogP contribution in [-0.4, -0.2) is 72.4 Å². The lowest BCUT2D eigenvalue weighted by molar-refractivity contribution is 0.0322. The van der Waals surface area contributed by atoms with Crippen LogP contribution >= 0.6 is 0 Å². The quantitative estimate of drug-likeness (QED) is 0.498. The van der Waals surface area contributed by atoms with Gasteiger partial charge in [-0.1, -0.05) is 0 Å². The maximum atomic E-state index is 14.9. The number of amides is 1. The number of pyridine rings is 1. The molecular weight excluding hydrogens is 397 g/mol. The summed E-state index contributed by atoms with van der Waals surface area (Å²) in [5.74, 6) is -0.0872. The van der Waals surface area contributed by atoms with Crippen LogP contribution in [0.25, 0.3) is 22.6 Å². The summed E-state index contributed by atoms with van der Waals surface area (Å²) in [5.41, 5.74) is 4.26. The number of carbonyl (C=O) groups is 1. The first kappa shape index (κ1) is 18.4. The Kier molecular flexibility index (Phi) is 3.77. The molecule has 2 saturated heterocycles. The van der Waals surface area contributed by atoms with Gasteiger partial charge >= 0.3 is 0 Å². The molecule has 2 atom stereocenters. The summed E-state index contributed by atoms with van der Waals surface area (Å²) in [4.78, 5) is 25.9. The predicted molar refractivity (Wildman–Crippen MR) is 112 cm³/mol. The van der Waals surface area contributed by atoms with Crippen molar-refractivity contribution in [1.82, 2.24) is 33.8 Å². The van der Waals surface area contributed by atoms with E-state index in [1.54, 1.807) is 21.3 Å². The lowest BCUT2D eigenvalue weighted by Gasteiger charge is -2.43. The molecule has 4 aromatic rings. The highest BCUT2D eigenvalue weighted by Crippen LogP contribution is 2.33. The molecule has 0 N–H and O–H groups in total. The molecule has 2 aliphatic heterocycles. The smallest absolute Gasteiger partial charge is 0.274 e. The van der Waals surface area contributed by atoms with E-state index < -0.39 is 5.82 Å². The second kappa shape index (κ2) is 6.34. The van der Waals surface area contributed by atoms with Crippen molar-refractivity contribution >= 4 is 17.2 Å². The van der Waals surface area contributed by atoms with Gasteiger partial charge in [-0.05, 0) is 38.6 Å². The summed E-state index contributed by atoms with van der Waals surface area (Å²) in [6, 6.07) is 3.54. The molecule has 4 aromatic heterocycles. The first-order valence-corrected chi connectivity index (χ1v) is 10.4. The third-order valence-corrected chi connectivity index (χ3v) is 6.43. The summed E-state index contributed by atoms with van der Waals surface area (Å²) in [6.45, 7) is 6.50. The molecule has 8 nitrogen and oxygen atoms in total. The van der Waals surface area contributed by atoms with Gasteiger partial charge in [0.05, 0.1) is 23.6 Å². The summed E-state index contributed by atoms with van der Waals surface area (Å²) < 4.78 is 18.2. The maximum Gasteiger partial charge on any atom is 0.274 e. The van der Waals surface area contributed by atoms with Gasteiger partial charge in [0.15, 0.2) is 17.1 Å². The van der Waals surface area contributed by atoms with Gasteiger partial charge in [0.1, 0.15) is 5.69 Å². The summed E-state index contributed by atoms with van der Waals surface area (Å²) in [6.07, 6.45) is 5.22. The van der Waals surface area contributed by atoms with Crippen molar-refractivity contribution in [2.24, 2.45) is 5.92 Å². The number of aryl methyl sites for hydroxylation is 2. The van der Waals surface area contributed by atoms with Crippen molar-refractivity contribution in [2.75, 3.05) is 26.7 Å². The molecule has 0 bridgehead atoms. The molecule has 0 radical (unpaired) electrons. The van der Waals surface area contributed by atoms with Gasteiger partial charge in [-0.15, -0.1) is 0 Å². The molecule has 2 aliphatic rings. The van der Waals surface area contributed by atoms with Crippen LogP contribution in [0.4, 0.5) is 4.39 Å². The number of hydrogen-bond acceptors (Lipinski definition) is 5. The molecule has 6 heterocycles. The van der Waals surface area contributed by atoms with Gasteiger partial charge in [0, 0.05) is 43.5 Å². The van der Waals surface area contributed by atoms with Crippen LogP contribution < -0.4 is 0 Å². The Morgan fingerprint density at radius 2 is 1.90 bits per heavy atom. The molecule has 0 aliphatic carbocycles. The molecule has 0 unspecified atom stereocenters. The number of fused-ring (bicyclic) bond motifs is 3. The molecule has 0 saturated carbocycles. The zero-order chi connectivity index (χ0) is 21.4. The zero-order valence-electron chi connectivity index (χ0n) is 17.6. The fourth-order valence-corrected chi connectivity index (χ4v) is 4.91. The third kappa shape index (κ3) is 2.76. The van der Waals surface area contributed by atoms with Crippen LogP contribution in [0.15, 0.2) is 30.7 Å². The molecule has 158 valence electrons. The molecule has 6 rings (SSSR count). The number of imidazole rings is 2. The van der Waals surface area contributed by atoms with E-state index in [-0.39, 0.29) is 23.3 Å². The van der Waals surface area contributed by atoms with E-state index in [1.165, 1.54) is 6.07 Å². The van der Waals surface area contributed by atoms with Gasteiger partial charge < -0.3 is 14.2 Å². The van der Waals surface area contributed by atoms with Crippen LogP contribution in [0.1, 0.15) is 21.7 Å². The number of carbonyl (C=O) groups excluding carboxylic acids is 1. The second-order valence-corrected chi connectivity index (χ2v) is 8.80. The van der Waals surface area contributed by atoms with Gasteiger partial charge in [0.2, 0.25) is 0 Å². The topological polar surface area (TPSA) is 71.0 Å². The molecular formula is C22H22FN7O. The third-order valence-electron chi connectivity index (χ3n) is 6.43. The number of aromatic nitrogens is 5. The van der Waals surface area contributed by atoms with Crippen LogP contribution in [0.3, 0.4) is 0 Å². The van der Waals surface area contributed by atoms with Crippen LogP contribution in [0.2, 0.25) is 0 Å². The number of nitrogens with zero attached hydrogens (tertiary/aromatic N) is 7. The minimum absolute atomic E-state index is 0.134. The molecule has 1 amide bonds. The SMILES string of the molecule is Cc1cn2nc(-c3cc(F)c4nc(C(=O)N5C[C@H]6CN(C)C[C@H]65)cn4c3)cc(C)c2n1. The summed E-state index contributed by atoms with van der Waals surface area (Å²) >= 11 is 0. The van der Waals surface area contributed by atoms with Crippen molar-refractivity contribution in [3.63, 3.8) is 0 Å². The van der Waals surface area contributed by atoms with Crippen molar-refractivity contribution in [3.8, 4) is 11.3 Å². The van der Waals surface area contributed by atoms with Crippen molar-refractivity contribution in [1.29, 1.82) is 0 Å². The monoisotopic (exact) mass is 419 g/mol. The lowest BCUT2D eigenvalue weighted by atomic mass is 9.92. The maximum absolute atomic E-state index is 14.9. The summed E-state index contributed by atoms with van der Waals surface area (Å²) in [5, 5.41) is 4.58. The fourth-order valence-electron chi connectivity index (χ4n) is 4.91. The number of likely N-dealkylation sites (N-methyl/N-ethyl adjacent to an activating group) is 1. The normalized spacial score (nSPS) is 21.1. The number of hydrogen-bond donors (Lipinski definition) is 0. The lowest BCUT2D eigenvalue weighted by Crippen LogP contribution is -2.58. The Balaban J connectivity index is 1.37. The van der Waals surface area contributed by atoms with E-state index in [2.05, 4.69) is 27.0 Å². The number of rotatable bonds is 2. The van der Waals surface area contributed by atoms with Gasteiger partial charge in [-0.25, -0.2) is 18.9 Å². The number of likely N-dealkylation sites (tertiary alicyclic amines) is 2. The van der Waals surface area contributed by atoms with Gasteiger partial charge in [-0.2, -0.15) is 5.10 Å². The van der Waals surface area contributed by atoms with E-state index in [0.717, 1.165) is 36.5 Å². The zero-order valence-corrected chi connectivity index (χ0v) is 17.6. The van der Waals surface area contributed by atoms with Crippen molar-refractivity contribution in [3.05, 3.63) is 53.5 Å². The Hall–Kier alpha value is -3.33. The standard InChI is InChI=1S/C22H22FN7O/c1-12-4-17(26-30-6-13(2)24-20(12)30)14-5-16(23)21-25-18(10-28(21)8-14)22(31)29-9-15-7-27(3)11-19(15)29/h4-6,8,10,15,19H,7,9,11H2,1-3H3/t15-,19-/m1/s1. The molecule has 2 fully saturated rings. The minimum atomic E-state index is -0.486. The summed E-state index contributed by atoms with van der Waals surface area (Å²) in [7, 11) is 2.07. The minimum Gasteiger partial charge on any atom is -0.332 e. The van der Waals surface area contributed by atoms with Crippen molar-refractivity contribution < 1.29 is 9.18 Å². The Morgan fingerprint density at radius 3 is 2.71 bits per heavy atom. The highest BCUT2D eigenvalue weighted by atomic mass is 19.1. The van der Waals surface area contributed by atoms with Crippen LogP contribution in [0.5, 0.6) is 0 Å². The Labute approximate surface area is 177 Å². The highest BCUT2D eigenvalue weighted by Gasteiger charge is 2.47. The fraction of sp³-hybridized carbons (Fsp3) is 0.364. The molecule has 0 spiro atoms. The van der Waals surface area contributed by atoms with E-state index in [4.69, 9.17) is 0 Å². The second-order valence-electron chi connectivity index (χ2n) is 8.80. The molecule has 9 heteroatoms. The largest absolute Gasteiger partial charge is 0.332 e. The highest BCUT2D eigenvalue weighted by molar-refractivity contribution is 5.94. The molecule has 31 heavy (non-hydrogen) atoms. The Morgan fingerprint density at radius 1 is 1.06 bits per heavy atom. The van der Waals surface area contributed by atoms with Gasteiger partial charge in [0.25, 0.3) is 5.91 Å². The van der Waals surface area contributed by atoms with Crippen molar-refractivity contribution in [2.45, 2.75) is 19.9 Å². The van der Waals surface area contributed by atoms with E-state index in [0.29, 0.717) is 17.2 Å². The van der Waals surface area contributed by atoms with Gasteiger partial charge in [-0.3, -0.25) is 4.79 Å². The number of halogens is 1. The molecule has 0 aromatic carbocycles. The Bertz CT molecular complexity index is 1370. The average Bonchev–Trinajstić information content (AvgIpc) is 3.39. The van der Waals surface area contributed by atoms with Crippen LogP contribution in [0, 0.1) is 25.6 Å². The van der Waals surface area contributed by atoms with Crippen LogP contribution in [-0.2, 0) is 0 Å². The van der Waals surface area contributed by atoms with E-state index in [9.17, 15) is 9.18 Å². The van der Waals surface area contributed by atoms with E-state index in [1.807, 2.05) is 31.0 Å². The van der Waals surface area contributed by atoms with E-state index >= 15 is 0 Å². The average molecular weight is 419 g/mol. The predicted octanol–water partition coefficient (Wildman–Crippen LogP) is 2.19. The first-order valence-electron chi connectivity index (χ1n) is 10.4.